The zero-order chi connectivity index (χ0) is 72.5. The van der Waals surface area contributed by atoms with Crippen LogP contribution in [-0.2, 0) is 16.5 Å². The van der Waals surface area contributed by atoms with Gasteiger partial charge in [-0.25, -0.2) is 4.99 Å². The first-order valence-corrected chi connectivity index (χ1v) is 47.1. The maximum atomic E-state index is 5.38. The summed E-state index contributed by atoms with van der Waals surface area (Å²) in [5.74, 6) is 0. The molecule has 2 aromatic carbocycles. The van der Waals surface area contributed by atoms with Crippen LogP contribution in [0.3, 0.4) is 0 Å². The summed E-state index contributed by atoms with van der Waals surface area (Å²) in [5, 5.41) is 0. The van der Waals surface area contributed by atoms with E-state index in [1.807, 2.05) is 0 Å². The van der Waals surface area contributed by atoms with Gasteiger partial charge >= 0.3 is 0 Å². The van der Waals surface area contributed by atoms with Gasteiger partial charge < -0.3 is 0 Å². The molecule has 598 valence electrons. The van der Waals surface area contributed by atoms with Crippen molar-refractivity contribution in [2.45, 2.75) is 516 Å². The average Bonchev–Trinajstić information content (AvgIpc) is 0.872. The van der Waals surface area contributed by atoms with Crippen LogP contribution < -0.4 is 0 Å². The fourth-order valence-corrected chi connectivity index (χ4v) is 15.4. The van der Waals surface area contributed by atoms with E-state index in [0.29, 0.717) is 0 Å². The molecular formula is C100H178N2Ni. The topological polar surface area (TPSA) is 24.7 Å². The number of rotatable bonds is 82. The molecule has 0 aromatic heterocycles. The Hall–Kier alpha value is -2.51. The molecule has 0 amide bonds. The van der Waals surface area contributed by atoms with E-state index in [1.54, 1.807) is 0 Å². The van der Waals surface area contributed by atoms with Gasteiger partial charge in [0, 0.05) is 16.5 Å². The third kappa shape index (κ3) is 70.9. The van der Waals surface area contributed by atoms with E-state index in [-0.39, 0.29) is 16.5 Å². The predicted molar refractivity (Wildman–Crippen MR) is 468 cm³/mol. The van der Waals surface area contributed by atoms with E-state index in [1.165, 1.54) is 473 Å². The minimum absolute atomic E-state index is 0. The van der Waals surface area contributed by atoms with E-state index in [9.17, 15) is 0 Å². The third-order valence-corrected chi connectivity index (χ3v) is 22.4. The molecule has 103 heavy (non-hydrogen) atoms. The molecule has 0 saturated carbocycles. The smallest absolute Gasteiger partial charge is 0.0848 e. The quantitative estimate of drug-likeness (QED) is 0.0358. The molecule has 0 fully saturated rings. The van der Waals surface area contributed by atoms with Crippen LogP contribution in [-0.4, -0.2) is 11.4 Å². The summed E-state index contributed by atoms with van der Waals surface area (Å²) in [7, 11) is 0. The molecule has 2 aromatic rings. The monoisotopic (exact) mass is 1470 g/mol. The minimum Gasteiger partial charge on any atom is -0.251 e. The summed E-state index contributed by atoms with van der Waals surface area (Å²) < 4.78 is 0. The SMILES string of the molecule is CCCCCCCCCCCCCCCCCCCCCCC=CC(=Nc1ccc(C=CCCCCCCCCCCCCCCCCCCCCCCCCCCC)cc1)C(CCCC)=Nc1ccc(C=CCCCCCCCCCCCCCCCCCCCCCCCCCCC)cc1.[Ni]. The predicted octanol–water partition coefficient (Wildman–Crippen LogP) is 36.8. The van der Waals surface area contributed by atoms with Crippen molar-refractivity contribution < 1.29 is 16.5 Å². The summed E-state index contributed by atoms with van der Waals surface area (Å²) in [5.41, 5.74) is 6.71. The van der Waals surface area contributed by atoms with Crippen molar-refractivity contribution in [1.29, 1.82) is 0 Å². The van der Waals surface area contributed by atoms with Crippen molar-refractivity contribution >= 4 is 35.0 Å². The molecule has 0 atom stereocenters. The number of hydrogen-bond donors (Lipinski definition) is 0. The van der Waals surface area contributed by atoms with E-state index >= 15 is 0 Å². The van der Waals surface area contributed by atoms with Crippen LogP contribution in [0.5, 0.6) is 0 Å². The van der Waals surface area contributed by atoms with E-state index in [4.69, 9.17) is 9.98 Å². The Morgan fingerprint density at radius 2 is 0.398 bits per heavy atom. The molecule has 2 nitrogen and oxygen atoms in total. The van der Waals surface area contributed by atoms with Crippen molar-refractivity contribution in [2.75, 3.05) is 0 Å². The summed E-state index contributed by atoms with van der Waals surface area (Å²) >= 11 is 0. The Balaban J connectivity index is 0.0000530. The van der Waals surface area contributed by atoms with Crippen LogP contribution in [0.2, 0.25) is 0 Å². The number of nitrogens with zero attached hydrogens (tertiary/aromatic N) is 2. The zero-order valence-electron chi connectivity index (χ0n) is 70.0. The first-order chi connectivity index (χ1) is 50.7. The van der Waals surface area contributed by atoms with Crippen LogP contribution >= 0.6 is 0 Å². The van der Waals surface area contributed by atoms with Crippen molar-refractivity contribution in [3.05, 3.63) is 84.0 Å². The van der Waals surface area contributed by atoms with Gasteiger partial charge in [0.2, 0.25) is 0 Å². The maximum absolute atomic E-state index is 5.38. The van der Waals surface area contributed by atoms with Gasteiger partial charge in [0.05, 0.1) is 22.8 Å². The number of unbranched alkanes of at least 4 members (excludes halogenated alkanes) is 71. The molecule has 0 bridgehead atoms. The Labute approximate surface area is 656 Å². The molecule has 0 heterocycles. The molecular weight excluding hydrogens is 1290 g/mol. The van der Waals surface area contributed by atoms with Gasteiger partial charge in [-0.1, -0.05) is 519 Å². The Morgan fingerprint density at radius 1 is 0.214 bits per heavy atom. The zero-order valence-corrected chi connectivity index (χ0v) is 71.0. The van der Waals surface area contributed by atoms with E-state index in [0.717, 1.165) is 48.5 Å². The van der Waals surface area contributed by atoms with Crippen molar-refractivity contribution in [3.63, 3.8) is 0 Å². The molecule has 3 heteroatoms. The normalized spacial score (nSPS) is 12.2. The number of hydrogen-bond acceptors (Lipinski definition) is 2. The van der Waals surface area contributed by atoms with Crippen LogP contribution in [0.1, 0.15) is 527 Å². The van der Waals surface area contributed by atoms with Crippen LogP contribution in [0.15, 0.2) is 82.8 Å². The van der Waals surface area contributed by atoms with Crippen LogP contribution in [0.4, 0.5) is 11.4 Å². The summed E-state index contributed by atoms with van der Waals surface area (Å²) in [4.78, 5) is 10.8. The Bertz CT molecular complexity index is 2110. The molecule has 0 saturated heterocycles. The molecule has 0 aliphatic rings. The molecule has 0 aliphatic carbocycles. The van der Waals surface area contributed by atoms with Crippen molar-refractivity contribution in [1.82, 2.24) is 0 Å². The molecule has 0 aliphatic heterocycles. The van der Waals surface area contributed by atoms with Gasteiger partial charge in [-0.05, 0) is 92.8 Å². The van der Waals surface area contributed by atoms with Crippen molar-refractivity contribution in [2.24, 2.45) is 9.98 Å². The maximum Gasteiger partial charge on any atom is 0.0848 e. The van der Waals surface area contributed by atoms with E-state index < -0.39 is 0 Å². The number of benzene rings is 2. The fourth-order valence-electron chi connectivity index (χ4n) is 15.4. The Morgan fingerprint density at radius 3 is 0.612 bits per heavy atom. The summed E-state index contributed by atoms with van der Waals surface area (Å²) in [6.45, 7) is 9.24. The molecule has 0 unspecified atom stereocenters. The minimum atomic E-state index is 0. The molecule has 2 rings (SSSR count). The van der Waals surface area contributed by atoms with Gasteiger partial charge in [-0.3, -0.25) is 4.99 Å². The fraction of sp³-hybridized carbons (Fsp3) is 0.800. The molecule has 0 N–H and O–H groups in total. The van der Waals surface area contributed by atoms with E-state index in [2.05, 4.69) is 113 Å². The molecule has 0 spiro atoms. The summed E-state index contributed by atoms with van der Waals surface area (Å²) in [6, 6.07) is 17.9. The first kappa shape index (κ1) is 98.5. The summed E-state index contributed by atoms with van der Waals surface area (Å²) in [6.07, 6.45) is 121. The number of aliphatic imine (C=N–C) groups is 2. The average molecular weight is 1470 g/mol. The van der Waals surface area contributed by atoms with Gasteiger partial charge in [0.25, 0.3) is 0 Å². The number of allylic oxidation sites excluding steroid dienone is 4. The van der Waals surface area contributed by atoms with Gasteiger partial charge in [-0.2, -0.15) is 0 Å². The second-order valence-electron chi connectivity index (χ2n) is 32.6. The molecule has 0 radical (unpaired) electrons. The second kappa shape index (κ2) is 83.5. The van der Waals surface area contributed by atoms with Crippen LogP contribution in [0.25, 0.3) is 12.2 Å². The standard InChI is InChI=1S/C100H178N2.Ni/c1-5-9-13-16-19-22-25-28-31-34-37-40-43-45-47-49-51-53-56-59-62-65-68-71-74-77-80-83-95-87-91-97(92-88-95)101-99(85-12-8-4)100(86-82-79-76-73-70-67-64-61-58-55-42-39-36-33-30-27-24-21-18-15-11-7-3)102-98-93-89-96(90-94-98)84-81-78-75-72-69-66-63-60-57-54-52-50-48-46-44-41-38-35-32-29-26-23-20-17-14-10-6-2;/h80-84,86-94H,5-79,85H2,1-4H3;. The van der Waals surface area contributed by atoms with Crippen molar-refractivity contribution in [3.8, 4) is 0 Å². The largest absolute Gasteiger partial charge is 0.251 e. The first-order valence-electron chi connectivity index (χ1n) is 47.1. The second-order valence-corrected chi connectivity index (χ2v) is 32.6. The Kier molecular flexibility index (Phi) is 79.9. The van der Waals surface area contributed by atoms with Crippen LogP contribution in [0, 0.1) is 0 Å². The van der Waals surface area contributed by atoms with Gasteiger partial charge in [-0.15, -0.1) is 0 Å². The third-order valence-electron chi connectivity index (χ3n) is 22.4. The van der Waals surface area contributed by atoms with Gasteiger partial charge in [0.15, 0.2) is 0 Å². The van der Waals surface area contributed by atoms with Gasteiger partial charge in [0.1, 0.15) is 0 Å².